The van der Waals surface area contributed by atoms with E-state index in [-0.39, 0.29) is 5.91 Å². The maximum absolute atomic E-state index is 12.9. The van der Waals surface area contributed by atoms with E-state index in [0.717, 1.165) is 73.5 Å². The molecule has 0 bridgehead atoms. The molecule has 5 aromatic rings. The summed E-state index contributed by atoms with van der Waals surface area (Å²) in [7, 11) is 0. The van der Waals surface area contributed by atoms with E-state index in [0.29, 0.717) is 11.6 Å². The highest BCUT2D eigenvalue weighted by atomic mass is 32.2. The van der Waals surface area contributed by atoms with Crippen molar-refractivity contribution in [3.8, 4) is 0 Å². The van der Waals surface area contributed by atoms with Crippen LogP contribution in [0, 0.1) is 6.92 Å². The molecule has 6 rings (SSSR count). The zero-order chi connectivity index (χ0) is 28.7. The van der Waals surface area contributed by atoms with Crippen molar-refractivity contribution in [2.24, 2.45) is 0 Å². The summed E-state index contributed by atoms with van der Waals surface area (Å²) in [6, 6.07) is 27.3. The van der Waals surface area contributed by atoms with Gasteiger partial charge in [0.15, 0.2) is 5.65 Å². The fraction of sp³-hybridized carbons (Fsp3) is 0.294. The number of carbonyl (C=O) groups excluding carboxylic acids is 1. The monoisotopic (exact) mass is 576 g/mol. The number of carbonyl (C=O) groups is 1. The van der Waals surface area contributed by atoms with E-state index in [4.69, 9.17) is 4.98 Å². The smallest absolute Gasteiger partial charge is 0.222 e. The Morgan fingerprint density at radius 2 is 1.67 bits per heavy atom. The molecule has 1 fully saturated rings. The number of thioether (sulfide) groups is 1. The third kappa shape index (κ3) is 6.72. The van der Waals surface area contributed by atoms with Gasteiger partial charge in [-0.1, -0.05) is 102 Å². The van der Waals surface area contributed by atoms with Crippen LogP contribution in [0.2, 0.25) is 0 Å². The fourth-order valence-corrected chi connectivity index (χ4v) is 6.13. The number of para-hydroxylation sites is 1. The average molecular weight is 577 g/mol. The quantitative estimate of drug-likeness (QED) is 0.149. The Morgan fingerprint density at radius 3 is 2.48 bits per heavy atom. The predicted octanol–water partition coefficient (Wildman–Crippen LogP) is 6.07. The molecule has 3 heterocycles. The van der Waals surface area contributed by atoms with Gasteiger partial charge in [-0.15, -0.1) is 10.2 Å². The highest BCUT2D eigenvalue weighted by molar-refractivity contribution is 7.99. The van der Waals surface area contributed by atoms with Crippen molar-refractivity contribution in [1.29, 1.82) is 0 Å². The van der Waals surface area contributed by atoms with Crippen LogP contribution < -0.4 is 0 Å². The first-order chi connectivity index (χ1) is 20.6. The second kappa shape index (κ2) is 13.3. The number of benzene rings is 3. The summed E-state index contributed by atoms with van der Waals surface area (Å²) < 4.78 is 2.23. The van der Waals surface area contributed by atoms with Crippen LogP contribution in [-0.4, -0.2) is 73.9 Å². The van der Waals surface area contributed by atoms with Crippen molar-refractivity contribution >= 4 is 45.8 Å². The van der Waals surface area contributed by atoms with E-state index >= 15 is 0 Å². The topological polar surface area (TPSA) is 67.2 Å². The number of piperazine rings is 1. The predicted molar refractivity (Wildman–Crippen MR) is 172 cm³/mol. The van der Waals surface area contributed by atoms with E-state index in [1.807, 2.05) is 17.0 Å². The SMILES string of the molecule is Cc1ccc(Cn2c3ccccc3c3nnc(SCCCC(=O)N4CCN(C/C=C/c5ccccc5)CC4)nc32)cc1. The van der Waals surface area contributed by atoms with Crippen LogP contribution in [-0.2, 0) is 11.3 Å². The molecule has 3 aromatic carbocycles. The van der Waals surface area contributed by atoms with E-state index < -0.39 is 0 Å². The van der Waals surface area contributed by atoms with Crippen LogP contribution in [0.15, 0.2) is 90.1 Å². The Hall–Kier alpha value is -4.01. The minimum absolute atomic E-state index is 0.239. The Bertz CT molecular complexity index is 1670. The first-order valence-electron chi connectivity index (χ1n) is 14.7. The summed E-state index contributed by atoms with van der Waals surface area (Å²) in [6.07, 6.45) is 5.71. The van der Waals surface area contributed by atoms with Crippen molar-refractivity contribution in [2.75, 3.05) is 38.5 Å². The number of amides is 1. The van der Waals surface area contributed by atoms with Gasteiger partial charge in [-0.05, 0) is 30.5 Å². The maximum atomic E-state index is 12.9. The first kappa shape index (κ1) is 28.1. The molecule has 214 valence electrons. The molecule has 42 heavy (non-hydrogen) atoms. The molecular formula is C34H36N6OS. The summed E-state index contributed by atoms with van der Waals surface area (Å²) >= 11 is 1.57. The molecular weight excluding hydrogens is 540 g/mol. The Labute approximate surface area is 251 Å². The zero-order valence-electron chi connectivity index (χ0n) is 24.0. The van der Waals surface area contributed by atoms with Gasteiger partial charge in [0.25, 0.3) is 0 Å². The number of nitrogens with zero attached hydrogens (tertiary/aromatic N) is 6. The van der Waals surface area contributed by atoms with Gasteiger partial charge in [-0.3, -0.25) is 9.69 Å². The van der Waals surface area contributed by atoms with Gasteiger partial charge in [0.2, 0.25) is 11.1 Å². The number of rotatable bonds is 10. The molecule has 0 aliphatic carbocycles. The highest BCUT2D eigenvalue weighted by Crippen LogP contribution is 2.28. The second-order valence-corrected chi connectivity index (χ2v) is 11.9. The zero-order valence-corrected chi connectivity index (χ0v) is 24.8. The maximum Gasteiger partial charge on any atom is 0.222 e. The molecule has 0 saturated carbocycles. The van der Waals surface area contributed by atoms with E-state index in [1.165, 1.54) is 16.7 Å². The second-order valence-electron chi connectivity index (χ2n) is 10.8. The van der Waals surface area contributed by atoms with Gasteiger partial charge < -0.3 is 9.47 Å². The van der Waals surface area contributed by atoms with Crippen molar-refractivity contribution in [2.45, 2.75) is 31.5 Å². The van der Waals surface area contributed by atoms with Gasteiger partial charge in [0.05, 0.1) is 5.52 Å². The lowest BCUT2D eigenvalue weighted by molar-refractivity contribution is -0.132. The van der Waals surface area contributed by atoms with Gasteiger partial charge >= 0.3 is 0 Å². The number of aromatic nitrogens is 4. The minimum atomic E-state index is 0.239. The molecule has 1 aliphatic rings. The third-order valence-corrected chi connectivity index (χ3v) is 8.70. The van der Waals surface area contributed by atoms with Crippen LogP contribution in [0.3, 0.4) is 0 Å². The standard InChI is InChI=1S/C34H36N6OS/c1-26-15-17-28(18-16-26)25-40-30-13-6-5-12-29(30)32-33(40)35-34(37-36-32)42-24-8-14-31(41)39-22-20-38(21-23-39)19-7-11-27-9-3-2-4-10-27/h2-7,9-13,15-18H,8,14,19-25H2,1H3/b11-7+. The molecule has 1 saturated heterocycles. The molecule has 7 nitrogen and oxygen atoms in total. The molecule has 1 amide bonds. The molecule has 0 radical (unpaired) electrons. The molecule has 8 heteroatoms. The summed E-state index contributed by atoms with van der Waals surface area (Å²) in [4.78, 5) is 22.2. The highest BCUT2D eigenvalue weighted by Gasteiger charge is 2.20. The summed E-state index contributed by atoms with van der Waals surface area (Å²) in [5, 5.41) is 10.7. The first-order valence-corrected chi connectivity index (χ1v) is 15.6. The third-order valence-electron chi connectivity index (χ3n) is 7.78. The molecule has 1 aliphatic heterocycles. The minimum Gasteiger partial charge on any atom is -0.340 e. The van der Waals surface area contributed by atoms with Crippen molar-refractivity contribution < 1.29 is 4.79 Å². The summed E-state index contributed by atoms with van der Waals surface area (Å²) in [5.74, 6) is 1.02. The number of aryl methyl sites for hydroxylation is 1. The van der Waals surface area contributed by atoms with E-state index in [2.05, 4.69) is 105 Å². The Morgan fingerprint density at radius 1 is 0.905 bits per heavy atom. The number of hydrogen-bond acceptors (Lipinski definition) is 6. The molecule has 0 atom stereocenters. The molecule has 0 N–H and O–H groups in total. The number of hydrogen-bond donors (Lipinski definition) is 0. The van der Waals surface area contributed by atoms with Crippen LogP contribution in [0.5, 0.6) is 0 Å². The van der Waals surface area contributed by atoms with Crippen LogP contribution >= 0.6 is 11.8 Å². The average Bonchev–Trinajstić information content (AvgIpc) is 3.33. The fourth-order valence-electron chi connectivity index (χ4n) is 5.41. The lowest BCUT2D eigenvalue weighted by Gasteiger charge is -2.34. The van der Waals surface area contributed by atoms with E-state index in [1.54, 1.807) is 11.8 Å². The van der Waals surface area contributed by atoms with Crippen LogP contribution in [0.4, 0.5) is 0 Å². The van der Waals surface area contributed by atoms with Crippen molar-refractivity contribution in [3.05, 3.63) is 102 Å². The lowest BCUT2D eigenvalue weighted by Crippen LogP contribution is -2.48. The van der Waals surface area contributed by atoms with Crippen LogP contribution in [0.25, 0.3) is 28.1 Å². The van der Waals surface area contributed by atoms with Crippen LogP contribution in [0.1, 0.15) is 29.5 Å². The largest absolute Gasteiger partial charge is 0.340 e. The summed E-state index contributed by atoms with van der Waals surface area (Å²) in [6.45, 7) is 7.14. The molecule has 0 unspecified atom stereocenters. The number of fused-ring (bicyclic) bond motifs is 3. The van der Waals surface area contributed by atoms with Gasteiger partial charge in [-0.25, -0.2) is 4.98 Å². The summed E-state index contributed by atoms with van der Waals surface area (Å²) in [5.41, 5.74) is 6.47. The Balaban J connectivity index is 1.01. The van der Waals surface area contributed by atoms with E-state index in [9.17, 15) is 4.79 Å². The normalized spacial score (nSPS) is 14.4. The molecule has 0 spiro atoms. The Kier molecular flexibility index (Phi) is 8.92. The van der Waals surface area contributed by atoms with Crippen molar-refractivity contribution in [3.63, 3.8) is 0 Å². The van der Waals surface area contributed by atoms with Crippen molar-refractivity contribution in [1.82, 2.24) is 29.5 Å². The van der Waals surface area contributed by atoms with Gasteiger partial charge in [0, 0.05) is 56.8 Å². The van der Waals surface area contributed by atoms with Gasteiger partial charge in [0.1, 0.15) is 5.52 Å². The lowest BCUT2D eigenvalue weighted by atomic mass is 10.1. The van der Waals surface area contributed by atoms with Gasteiger partial charge in [-0.2, -0.15) is 0 Å². The molecule has 2 aromatic heterocycles.